The van der Waals surface area contributed by atoms with Gasteiger partial charge in [0.05, 0.1) is 24.0 Å². The van der Waals surface area contributed by atoms with Gasteiger partial charge in [-0.1, -0.05) is 35.9 Å². The predicted molar refractivity (Wildman–Crippen MR) is 112 cm³/mol. The Bertz CT molecular complexity index is 957. The van der Waals surface area contributed by atoms with Crippen LogP contribution in [0, 0.1) is 12.8 Å². The molecule has 1 fully saturated rings. The molecule has 6 nitrogen and oxygen atoms in total. The Kier molecular flexibility index (Phi) is 6.59. The SMILES string of the molecule is COc1ccccc1[C@@H](C)NC(=O)[C@H]1CCCN(S(=O)(=O)c2ccc(C)cc2)C1. The van der Waals surface area contributed by atoms with E-state index < -0.39 is 10.0 Å². The fraction of sp³-hybridized carbons (Fsp3) is 0.409. The van der Waals surface area contributed by atoms with E-state index in [1.165, 1.54) is 4.31 Å². The third-order valence-corrected chi connectivity index (χ3v) is 7.26. The third-order valence-electron chi connectivity index (χ3n) is 5.38. The van der Waals surface area contributed by atoms with Crippen molar-refractivity contribution in [3.63, 3.8) is 0 Å². The number of amides is 1. The minimum absolute atomic E-state index is 0.132. The van der Waals surface area contributed by atoms with Crippen LogP contribution in [-0.2, 0) is 14.8 Å². The third kappa shape index (κ3) is 4.79. The Labute approximate surface area is 172 Å². The minimum Gasteiger partial charge on any atom is -0.496 e. The van der Waals surface area contributed by atoms with Gasteiger partial charge in [-0.05, 0) is 44.9 Å². The van der Waals surface area contributed by atoms with Crippen LogP contribution in [0.4, 0.5) is 0 Å². The molecule has 1 N–H and O–H groups in total. The van der Waals surface area contributed by atoms with Crippen LogP contribution >= 0.6 is 0 Å². The molecule has 0 saturated carbocycles. The molecule has 156 valence electrons. The van der Waals surface area contributed by atoms with Crippen molar-refractivity contribution in [1.82, 2.24) is 9.62 Å². The number of benzene rings is 2. The lowest BCUT2D eigenvalue weighted by Gasteiger charge is -2.32. The van der Waals surface area contributed by atoms with Crippen LogP contribution in [0.25, 0.3) is 0 Å². The number of nitrogens with zero attached hydrogens (tertiary/aromatic N) is 1. The van der Waals surface area contributed by atoms with E-state index in [9.17, 15) is 13.2 Å². The zero-order chi connectivity index (χ0) is 21.0. The summed E-state index contributed by atoms with van der Waals surface area (Å²) in [5, 5.41) is 3.02. The van der Waals surface area contributed by atoms with Crippen molar-refractivity contribution < 1.29 is 17.9 Å². The van der Waals surface area contributed by atoms with Crippen LogP contribution in [0.15, 0.2) is 53.4 Å². The molecule has 1 amide bonds. The average Bonchev–Trinajstić information content (AvgIpc) is 2.74. The van der Waals surface area contributed by atoms with E-state index in [1.54, 1.807) is 31.4 Å². The van der Waals surface area contributed by atoms with Gasteiger partial charge in [0.2, 0.25) is 15.9 Å². The molecule has 1 saturated heterocycles. The smallest absolute Gasteiger partial charge is 0.243 e. The highest BCUT2D eigenvalue weighted by atomic mass is 32.2. The summed E-state index contributed by atoms with van der Waals surface area (Å²) in [5.74, 6) is 0.209. The van der Waals surface area contributed by atoms with Crippen molar-refractivity contribution in [2.24, 2.45) is 5.92 Å². The molecule has 0 radical (unpaired) electrons. The number of nitrogens with one attached hydrogen (secondary N) is 1. The second kappa shape index (κ2) is 8.97. The molecule has 1 aliphatic rings. The van der Waals surface area contributed by atoms with Gasteiger partial charge in [0.1, 0.15) is 5.75 Å². The number of methoxy groups -OCH3 is 1. The van der Waals surface area contributed by atoms with Gasteiger partial charge in [-0.2, -0.15) is 4.31 Å². The summed E-state index contributed by atoms with van der Waals surface area (Å²) >= 11 is 0. The number of carbonyl (C=O) groups excluding carboxylic acids is 1. The summed E-state index contributed by atoms with van der Waals surface area (Å²) in [7, 11) is -2.00. The Morgan fingerprint density at radius 2 is 1.86 bits per heavy atom. The first-order valence-corrected chi connectivity index (χ1v) is 11.3. The van der Waals surface area contributed by atoms with Crippen LogP contribution < -0.4 is 10.1 Å². The number of piperidine rings is 1. The van der Waals surface area contributed by atoms with Gasteiger partial charge >= 0.3 is 0 Å². The summed E-state index contributed by atoms with van der Waals surface area (Å²) in [6.45, 7) is 4.45. The zero-order valence-electron chi connectivity index (χ0n) is 17.1. The van der Waals surface area contributed by atoms with Gasteiger partial charge in [0, 0.05) is 18.7 Å². The van der Waals surface area contributed by atoms with Gasteiger partial charge in [0.15, 0.2) is 0 Å². The van der Waals surface area contributed by atoms with Gasteiger partial charge < -0.3 is 10.1 Å². The minimum atomic E-state index is -3.60. The van der Waals surface area contributed by atoms with E-state index in [-0.39, 0.29) is 29.3 Å². The highest BCUT2D eigenvalue weighted by Gasteiger charge is 2.33. The lowest BCUT2D eigenvalue weighted by atomic mass is 9.97. The van der Waals surface area contributed by atoms with Crippen molar-refractivity contribution in [3.05, 3.63) is 59.7 Å². The Hall–Kier alpha value is -2.38. The van der Waals surface area contributed by atoms with Gasteiger partial charge in [0.25, 0.3) is 0 Å². The molecule has 2 aromatic carbocycles. The van der Waals surface area contributed by atoms with E-state index in [2.05, 4.69) is 5.32 Å². The maximum absolute atomic E-state index is 13.0. The van der Waals surface area contributed by atoms with Crippen LogP contribution in [0.1, 0.15) is 36.9 Å². The van der Waals surface area contributed by atoms with Crippen LogP contribution in [0.5, 0.6) is 5.75 Å². The number of para-hydroxylation sites is 1. The van der Waals surface area contributed by atoms with E-state index in [0.717, 1.165) is 11.1 Å². The zero-order valence-corrected chi connectivity index (χ0v) is 17.9. The summed E-state index contributed by atoms with van der Waals surface area (Å²) < 4.78 is 32.7. The number of rotatable bonds is 6. The van der Waals surface area contributed by atoms with E-state index in [0.29, 0.717) is 25.1 Å². The first-order chi connectivity index (χ1) is 13.8. The Balaban J connectivity index is 1.70. The molecule has 2 aromatic rings. The standard InChI is InChI=1S/C22H28N2O4S/c1-16-10-12-19(13-11-16)29(26,27)24-14-6-7-18(15-24)22(25)23-17(2)20-8-4-5-9-21(20)28-3/h4-5,8-13,17-18H,6-7,14-15H2,1-3H3,(H,23,25)/t17-,18+/m1/s1. The van der Waals surface area contributed by atoms with Crippen LogP contribution in [0.2, 0.25) is 0 Å². The highest BCUT2D eigenvalue weighted by Crippen LogP contribution is 2.27. The molecule has 1 heterocycles. The fourth-order valence-electron chi connectivity index (χ4n) is 3.67. The molecule has 2 atom stereocenters. The van der Waals surface area contributed by atoms with Crippen LogP contribution in [-0.4, -0.2) is 38.8 Å². The monoisotopic (exact) mass is 416 g/mol. The molecule has 29 heavy (non-hydrogen) atoms. The summed E-state index contributed by atoms with van der Waals surface area (Å²) in [5.41, 5.74) is 1.90. The number of sulfonamides is 1. The molecule has 0 spiro atoms. The predicted octanol–water partition coefficient (Wildman–Crippen LogP) is 3.28. The molecule has 0 unspecified atom stereocenters. The van der Waals surface area contributed by atoms with Crippen molar-refractivity contribution in [2.75, 3.05) is 20.2 Å². The van der Waals surface area contributed by atoms with Crippen molar-refractivity contribution in [1.29, 1.82) is 0 Å². The first kappa shape index (κ1) is 21.3. The summed E-state index contributed by atoms with van der Waals surface area (Å²) in [4.78, 5) is 13.1. The molecule has 0 aliphatic carbocycles. The average molecular weight is 417 g/mol. The highest BCUT2D eigenvalue weighted by molar-refractivity contribution is 7.89. The maximum Gasteiger partial charge on any atom is 0.243 e. The maximum atomic E-state index is 13.0. The lowest BCUT2D eigenvalue weighted by molar-refractivity contribution is -0.126. The molecule has 0 bridgehead atoms. The molecular weight excluding hydrogens is 388 g/mol. The molecule has 0 aromatic heterocycles. The van der Waals surface area contributed by atoms with Gasteiger partial charge in [-0.3, -0.25) is 4.79 Å². The first-order valence-electron chi connectivity index (χ1n) is 9.83. The number of hydrogen-bond donors (Lipinski definition) is 1. The molecular formula is C22H28N2O4S. The number of ether oxygens (including phenoxy) is 1. The molecule has 3 rings (SSSR count). The second-order valence-electron chi connectivity index (χ2n) is 7.49. The van der Waals surface area contributed by atoms with E-state index in [1.807, 2.05) is 38.1 Å². The molecule has 7 heteroatoms. The second-order valence-corrected chi connectivity index (χ2v) is 9.43. The van der Waals surface area contributed by atoms with Gasteiger partial charge in [-0.15, -0.1) is 0 Å². The van der Waals surface area contributed by atoms with Crippen LogP contribution in [0.3, 0.4) is 0 Å². The number of carbonyl (C=O) groups is 1. The lowest BCUT2D eigenvalue weighted by Crippen LogP contribution is -2.45. The Morgan fingerprint density at radius 1 is 1.17 bits per heavy atom. The van der Waals surface area contributed by atoms with E-state index in [4.69, 9.17) is 4.74 Å². The van der Waals surface area contributed by atoms with Crippen molar-refractivity contribution >= 4 is 15.9 Å². The van der Waals surface area contributed by atoms with Gasteiger partial charge in [-0.25, -0.2) is 8.42 Å². The topological polar surface area (TPSA) is 75.7 Å². The molecule has 1 aliphatic heterocycles. The summed E-state index contributed by atoms with van der Waals surface area (Å²) in [6.07, 6.45) is 1.33. The normalized spacial score (nSPS) is 18.8. The van der Waals surface area contributed by atoms with Crippen molar-refractivity contribution in [2.45, 2.75) is 37.6 Å². The number of aryl methyl sites for hydroxylation is 1. The fourth-order valence-corrected chi connectivity index (χ4v) is 5.19. The van der Waals surface area contributed by atoms with E-state index >= 15 is 0 Å². The summed E-state index contributed by atoms with van der Waals surface area (Å²) in [6, 6.07) is 14.1. The van der Waals surface area contributed by atoms with Crippen molar-refractivity contribution in [3.8, 4) is 5.75 Å². The quantitative estimate of drug-likeness (QED) is 0.784. The Morgan fingerprint density at radius 3 is 2.55 bits per heavy atom. The number of hydrogen-bond acceptors (Lipinski definition) is 4. The largest absolute Gasteiger partial charge is 0.496 e.